The molecule has 1 fully saturated rings. The number of hydrogen-bond acceptors (Lipinski definition) is 2. The second-order valence-electron chi connectivity index (χ2n) is 5.54. The average Bonchev–Trinajstić information content (AvgIpc) is 2.25. The number of aliphatic hydroxyl groups is 1. The fourth-order valence-corrected chi connectivity index (χ4v) is 3.16. The van der Waals surface area contributed by atoms with E-state index in [1.54, 1.807) is 6.92 Å². The lowest BCUT2D eigenvalue weighted by atomic mass is 9.56. The van der Waals surface area contributed by atoms with Crippen LogP contribution >= 0.6 is 0 Å². The quantitative estimate of drug-likeness (QED) is 0.631. The Bertz CT molecular complexity index is 386. The lowest BCUT2D eigenvalue weighted by Crippen LogP contribution is -2.54. The third-order valence-corrected chi connectivity index (χ3v) is 4.38. The molecule has 2 nitrogen and oxygen atoms in total. The van der Waals surface area contributed by atoms with E-state index in [4.69, 9.17) is 6.42 Å². The Morgan fingerprint density at radius 3 is 2.88 bits per heavy atom. The monoisotopic (exact) mass is 218 g/mol. The van der Waals surface area contributed by atoms with Crippen molar-refractivity contribution >= 4 is 5.78 Å². The summed E-state index contributed by atoms with van der Waals surface area (Å²) in [6, 6.07) is 0. The molecule has 1 N–H and O–H groups in total. The van der Waals surface area contributed by atoms with E-state index in [1.165, 1.54) is 6.08 Å². The number of ketones is 1. The zero-order chi connectivity index (χ0) is 12.0. The van der Waals surface area contributed by atoms with Crippen LogP contribution in [0.1, 0.15) is 33.1 Å². The first-order valence-corrected chi connectivity index (χ1v) is 5.82. The van der Waals surface area contributed by atoms with Crippen LogP contribution < -0.4 is 0 Å². The number of rotatable bonds is 0. The third-order valence-electron chi connectivity index (χ3n) is 4.38. The van der Waals surface area contributed by atoms with E-state index in [0.717, 1.165) is 19.3 Å². The summed E-state index contributed by atoms with van der Waals surface area (Å²) in [5.74, 6) is 2.72. The molecule has 2 rings (SSSR count). The minimum absolute atomic E-state index is 0.0488. The van der Waals surface area contributed by atoms with Crippen LogP contribution in [0.15, 0.2) is 12.2 Å². The van der Waals surface area contributed by atoms with Crippen molar-refractivity contribution in [2.24, 2.45) is 17.3 Å². The van der Waals surface area contributed by atoms with Crippen LogP contribution in [0.4, 0.5) is 0 Å². The first-order chi connectivity index (χ1) is 7.40. The van der Waals surface area contributed by atoms with Gasteiger partial charge in [0, 0.05) is 11.8 Å². The van der Waals surface area contributed by atoms with Crippen molar-refractivity contribution < 1.29 is 9.90 Å². The highest BCUT2D eigenvalue weighted by atomic mass is 16.3. The molecule has 4 atom stereocenters. The maximum Gasteiger partial charge on any atom is 0.186 e. The van der Waals surface area contributed by atoms with Crippen LogP contribution in [0.25, 0.3) is 0 Å². The highest BCUT2D eigenvalue weighted by molar-refractivity contribution is 5.98. The summed E-state index contributed by atoms with van der Waals surface area (Å²) < 4.78 is 0. The summed E-state index contributed by atoms with van der Waals surface area (Å²) in [4.78, 5) is 11.7. The molecule has 0 heterocycles. The predicted molar refractivity (Wildman–Crippen MR) is 62.5 cm³/mol. The van der Waals surface area contributed by atoms with Crippen molar-refractivity contribution in [3.05, 3.63) is 12.2 Å². The van der Waals surface area contributed by atoms with Crippen LogP contribution in [0.2, 0.25) is 0 Å². The van der Waals surface area contributed by atoms with Gasteiger partial charge in [-0.25, -0.2) is 0 Å². The molecular formula is C14H18O2. The first kappa shape index (κ1) is 11.4. The van der Waals surface area contributed by atoms with E-state index in [1.807, 2.05) is 6.08 Å². The summed E-state index contributed by atoms with van der Waals surface area (Å²) in [7, 11) is 0. The van der Waals surface area contributed by atoms with Crippen LogP contribution in [0.3, 0.4) is 0 Å². The number of carbonyl (C=O) groups is 1. The minimum Gasteiger partial charge on any atom is -0.382 e. The molecule has 0 aromatic rings. The Balaban J connectivity index is 2.38. The van der Waals surface area contributed by atoms with Gasteiger partial charge in [0.05, 0.1) is 0 Å². The van der Waals surface area contributed by atoms with Gasteiger partial charge >= 0.3 is 0 Å². The van der Waals surface area contributed by atoms with E-state index in [0.29, 0.717) is 0 Å². The molecule has 0 aliphatic heterocycles. The molecule has 0 aromatic carbocycles. The maximum absolute atomic E-state index is 11.7. The lowest BCUT2D eigenvalue weighted by Gasteiger charge is -2.49. The van der Waals surface area contributed by atoms with Crippen LogP contribution in [-0.2, 0) is 4.79 Å². The van der Waals surface area contributed by atoms with Gasteiger partial charge in [-0.2, -0.15) is 0 Å². The smallest absolute Gasteiger partial charge is 0.186 e. The highest BCUT2D eigenvalue weighted by Crippen LogP contribution is 2.51. The van der Waals surface area contributed by atoms with Gasteiger partial charge in [0.1, 0.15) is 5.60 Å². The molecule has 0 spiro atoms. The van der Waals surface area contributed by atoms with Crippen LogP contribution in [-0.4, -0.2) is 16.5 Å². The van der Waals surface area contributed by atoms with E-state index >= 15 is 0 Å². The van der Waals surface area contributed by atoms with E-state index < -0.39 is 5.60 Å². The molecule has 16 heavy (non-hydrogen) atoms. The maximum atomic E-state index is 11.7. The van der Waals surface area contributed by atoms with Crippen molar-refractivity contribution in [1.29, 1.82) is 0 Å². The molecule has 2 aliphatic carbocycles. The third kappa shape index (κ3) is 1.51. The van der Waals surface area contributed by atoms with Crippen molar-refractivity contribution in [3.63, 3.8) is 0 Å². The Morgan fingerprint density at radius 1 is 1.56 bits per heavy atom. The average molecular weight is 218 g/mol. The molecule has 2 heteroatoms. The van der Waals surface area contributed by atoms with Gasteiger partial charge in [-0.05, 0) is 37.7 Å². The fraction of sp³-hybridized carbons (Fsp3) is 0.643. The van der Waals surface area contributed by atoms with Gasteiger partial charge in [0.15, 0.2) is 5.78 Å². The molecule has 1 saturated carbocycles. The summed E-state index contributed by atoms with van der Waals surface area (Å²) in [6.07, 6.45) is 11.6. The Hall–Kier alpha value is -1.07. The van der Waals surface area contributed by atoms with Gasteiger partial charge in [0.2, 0.25) is 0 Å². The molecule has 0 bridgehead atoms. The van der Waals surface area contributed by atoms with Crippen molar-refractivity contribution in [2.45, 2.75) is 38.7 Å². The van der Waals surface area contributed by atoms with Gasteiger partial charge in [-0.1, -0.05) is 13.0 Å². The fourth-order valence-electron chi connectivity index (χ4n) is 3.16. The van der Waals surface area contributed by atoms with Crippen molar-refractivity contribution in [2.75, 3.05) is 0 Å². The Morgan fingerprint density at radius 2 is 2.25 bits per heavy atom. The number of allylic oxidation sites excluding steroid dienone is 1. The molecule has 0 radical (unpaired) electrons. The first-order valence-electron chi connectivity index (χ1n) is 5.82. The predicted octanol–water partition coefficient (Wildman–Crippen LogP) is 1.93. The zero-order valence-electron chi connectivity index (χ0n) is 9.86. The summed E-state index contributed by atoms with van der Waals surface area (Å²) >= 11 is 0. The summed E-state index contributed by atoms with van der Waals surface area (Å²) in [5.41, 5.74) is -1.33. The molecule has 86 valence electrons. The van der Waals surface area contributed by atoms with Crippen LogP contribution in [0.5, 0.6) is 0 Å². The molecule has 2 aliphatic rings. The molecule has 0 amide bonds. The number of carbonyl (C=O) groups excluding carboxylic acids is 1. The summed E-state index contributed by atoms with van der Waals surface area (Å²) in [5, 5.41) is 10.3. The molecular weight excluding hydrogens is 200 g/mol. The highest BCUT2D eigenvalue weighted by Gasteiger charge is 2.52. The molecule has 0 unspecified atom stereocenters. The van der Waals surface area contributed by atoms with E-state index in [-0.39, 0.29) is 23.0 Å². The normalized spacial score (nSPS) is 47.2. The van der Waals surface area contributed by atoms with E-state index in [9.17, 15) is 9.90 Å². The SMILES string of the molecule is C#C[C@@H]1CC[C@@]2(C)C=CC(=O)[C@@](C)(O)[C@H]2C1. The van der Waals surface area contributed by atoms with Gasteiger partial charge in [0.25, 0.3) is 0 Å². The molecule has 0 saturated heterocycles. The van der Waals surface area contributed by atoms with Gasteiger partial charge < -0.3 is 5.11 Å². The summed E-state index contributed by atoms with van der Waals surface area (Å²) in [6.45, 7) is 3.74. The largest absolute Gasteiger partial charge is 0.382 e. The topological polar surface area (TPSA) is 37.3 Å². The standard InChI is InChI=1S/C14H18O2/c1-4-10-5-7-13(2)8-6-12(15)14(3,16)11(13)9-10/h1,6,8,10-11,16H,5,7,9H2,2-3H3/t10-,11+,13+,14+/m1/s1. The van der Waals surface area contributed by atoms with Crippen molar-refractivity contribution in [1.82, 2.24) is 0 Å². The van der Waals surface area contributed by atoms with Gasteiger partial charge in [-0.3, -0.25) is 4.79 Å². The molecule has 0 aromatic heterocycles. The Kier molecular flexibility index (Phi) is 2.47. The van der Waals surface area contributed by atoms with Crippen LogP contribution in [0, 0.1) is 29.6 Å². The second-order valence-corrected chi connectivity index (χ2v) is 5.54. The second kappa shape index (κ2) is 3.46. The number of fused-ring (bicyclic) bond motifs is 1. The van der Waals surface area contributed by atoms with Crippen molar-refractivity contribution in [3.8, 4) is 12.3 Å². The number of terminal acetylenes is 1. The van der Waals surface area contributed by atoms with Gasteiger partial charge in [-0.15, -0.1) is 12.3 Å². The minimum atomic E-state index is -1.25. The lowest BCUT2D eigenvalue weighted by molar-refractivity contribution is -0.146. The van der Waals surface area contributed by atoms with E-state index in [2.05, 4.69) is 12.8 Å². The number of hydrogen-bond donors (Lipinski definition) is 1. The zero-order valence-corrected chi connectivity index (χ0v) is 9.86. The Labute approximate surface area is 96.7 Å².